The minimum atomic E-state index is -0.432. The molecular weight excluding hydrogens is 96.0 g/mol. The topological polar surface area (TPSA) is 65.7 Å². The van der Waals surface area contributed by atoms with Crippen molar-refractivity contribution in [3.05, 3.63) is 0 Å². The largest absolute Gasteiger partial charge is 0.387 e. The Morgan fingerprint density at radius 2 is 2.57 bits per heavy atom. The van der Waals surface area contributed by atoms with Crippen molar-refractivity contribution in [1.29, 1.82) is 5.41 Å². The van der Waals surface area contributed by atoms with E-state index in [2.05, 4.69) is 16.7 Å². The Morgan fingerprint density at radius 1 is 2.00 bits per heavy atom. The molecule has 0 aromatic carbocycles. The molecule has 40 valence electrons. The molecule has 0 aromatic rings. The Labute approximate surface area is 40.9 Å². The highest BCUT2D eigenvalue weighted by Crippen LogP contribution is 1.72. The van der Waals surface area contributed by atoms with Crippen LogP contribution >= 0.6 is 0 Å². The van der Waals surface area contributed by atoms with Crippen molar-refractivity contribution < 1.29 is 9.94 Å². The second kappa shape index (κ2) is 3.30. The van der Waals surface area contributed by atoms with E-state index in [1.807, 2.05) is 0 Å². The summed E-state index contributed by atoms with van der Waals surface area (Å²) in [7, 11) is 0. The van der Waals surface area contributed by atoms with Gasteiger partial charge in [0, 0.05) is 6.72 Å². The monoisotopic (exact) mass is 102 g/mol. The summed E-state index contributed by atoms with van der Waals surface area (Å²) in [5, 5.41) is 17.4. The van der Waals surface area contributed by atoms with Gasteiger partial charge in [-0.2, -0.15) is 0 Å². The van der Waals surface area contributed by atoms with Gasteiger partial charge in [-0.25, -0.2) is 0 Å². The van der Waals surface area contributed by atoms with Crippen LogP contribution in [0.2, 0.25) is 0 Å². The van der Waals surface area contributed by atoms with E-state index in [1.165, 1.54) is 0 Å². The lowest BCUT2D eigenvalue weighted by molar-refractivity contribution is 0.264. The molecule has 0 aliphatic carbocycles. The van der Waals surface area contributed by atoms with Gasteiger partial charge < -0.3 is 9.94 Å². The lowest BCUT2D eigenvalue weighted by atomic mass is 10.7. The third-order valence-electron chi connectivity index (χ3n) is 0.318. The molecule has 0 heterocycles. The van der Waals surface area contributed by atoms with Crippen LogP contribution in [0.25, 0.3) is 0 Å². The van der Waals surface area contributed by atoms with Gasteiger partial charge in [0.1, 0.15) is 6.61 Å². The zero-order chi connectivity index (χ0) is 5.70. The van der Waals surface area contributed by atoms with E-state index in [-0.39, 0.29) is 5.90 Å². The zero-order valence-corrected chi connectivity index (χ0v) is 3.72. The fraction of sp³-hybridized carbons (Fsp3) is 0.333. The molecule has 0 saturated heterocycles. The van der Waals surface area contributed by atoms with Crippen molar-refractivity contribution in [2.24, 2.45) is 5.16 Å². The number of nitrogens with one attached hydrogen (secondary N) is 1. The maximum Gasteiger partial charge on any atom is 0.243 e. The smallest absolute Gasteiger partial charge is 0.243 e. The number of oxime groups is 1. The number of nitrogens with zero attached hydrogens (tertiary/aromatic N) is 1. The van der Waals surface area contributed by atoms with Crippen LogP contribution in [-0.4, -0.2) is 24.3 Å². The van der Waals surface area contributed by atoms with Gasteiger partial charge in [-0.1, -0.05) is 5.16 Å². The summed E-state index contributed by atoms with van der Waals surface area (Å²) in [5.41, 5.74) is 0. The summed E-state index contributed by atoms with van der Waals surface area (Å²) in [6, 6.07) is 0. The fourth-order valence-electron chi connectivity index (χ4n) is 0.107. The van der Waals surface area contributed by atoms with Crippen LogP contribution in [0.4, 0.5) is 0 Å². The van der Waals surface area contributed by atoms with Crippen LogP contribution < -0.4 is 0 Å². The maximum absolute atomic E-state index is 8.03. The Bertz CT molecular complexity index is 81.0. The van der Waals surface area contributed by atoms with Crippen LogP contribution in [0, 0.1) is 5.41 Å². The number of hydrogen-bond donors (Lipinski definition) is 2. The highest BCUT2D eigenvalue weighted by molar-refractivity contribution is 5.73. The Balaban J connectivity index is 3.17. The van der Waals surface area contributed by atoms with E-state index in [9.17, 15) is 0 Å². The molecule has 0 rings (SSSR count). The van der Waals surface area contributed by atoms with E-state index >= 15 is 0 Å². The number of aliphatic hydroxyl groups excluding tert-OH is 1. The minimum absolute atomic E-state index is 0.296. The first-order chi connectivity index (χ1) is 3.31. The molecule has 0 fully saturated rings. The van der Waals surface area contributed by atoms with Gasteiger partial charge in [0.15, 0.2) is 0 Å². The summed E-state index contributed by atoms with van der Waals surface area (Å²) >= 11 is 0. The van der Waals surface area contributed by atoms with E-state index in [0.717, 1.165) is 0 Å². The summed E-state index contributed by atoms with van der Waals surface area (Å²) in [4.78, 5) is 4.04. The number of hydrogen-bond acceptors (Lipinski definition) is 4. The van der Waals surface area contributed by atoms with E-state index in [0.29, 0.717) is 0 Å². The molecule has 4 nitrogen and oxygen atoms in total. The highest BCUT2D eigenvalue weighted by atomic mass is 16.6. The number of aliphatic hydroxyl groups is 1. The highest BCUT2D eigenvalue weighted by Gasteiger charge is 1.87. The van der Waals surface area contributed by atoms with Gasteiger partial charge >= 0.3 is 0 Å². The van der Waals surface area contributed by atoms with Gasteiger partial charge in [-0.05, 0) is 0 Å². The maximum atomic E-state index is 8.03. The zero-order valence-electron chi connectivity index (χ0n) is 3.72. The minimum Gasteiger partial charge on any atom is -0.387 e. The first-order valence-electron chi connectivity index (χ1n) is 1.62. The van der Waals surface area contributed by atoms with Crippen molar-refractivity contribution in [1.82, 2.24) is 0 Å². The fourth-order valence-corrected chi connectivity index (χ4v) is 0.107. The van der Waals surface area contributed by atoms with Crippen LogP contribution in [-0.2, 0) is 4.84 Å². The van der Waals surface area contributed by atoms with E-state index < -0.39 is 6.61 Å². The average Bonchev–Trinajstić information content (AvgIpc) is 1.68. The SMILES string of the molecule is C=NOC(=N)CO. The molecule has 0 aromatic heterocycles. The van der Waals surface area contributed by atoms with Gasteiger partial charge in [0.2, 0.25) is 5.90 Å². The van der Waals surface area contributed by atoms with Crippen molar-refractivity contribution in [2.45, 2.75) is 0 Å². The van der Waals surface area contributed by atoms with Crippen LogP contribution in [0.1, 0.15) is 0 Å². The average molecular weight is 102 g/mol. The Morgan fingerprint density at radius 3 is 2.71 bits per heavy atom. The second-order valence-electron chi connectivity index (χ2n) is 0.802. The predicted molar refractivity (Wildman–Crippen MR) is 25.4 cm³/mol. The lowest BCUT2D eigenvalue weighted by Gasteiger charge is -1.90. The van der Waals surface area contributed by atoms with E-state index in [4.69, 9.17) is 10.5 Å². The number of rotatable bonds is 2. The molecule has 0 saturated carbocycles. The normalized spacial score (nSPS) is 7.57. The summed E-state index contributed by atoms with van der Waals surface area (Å²) in [5.74, 6) is -0.296. The molecule has 0 aliphatic rings. The van der Waals surface area contributed by atoms with Crippen LogP contribution in [0.3, 0.4) is 0 Å². The molecule has 7 heavy (non-hydrogen) atoms. The molecular formula is C3H6N2O2. The van der Waals surface area contributed by atoms with Crippen molar-refractivity contribution >= 4 is 12.6 Å². The van der Waals surface area contributed by atoms with E-state index in [1.54, 1.807) is 0 Å². The molecule has 4 heteroatoms. The van der Waals surface area contributed by atoms with Gasteiger partial charge in [0.25, 0.3) is 0 Å². The van der Waals surface area contributed by atoms with Crippen molar-refractivity contribution in [3.63, 3.8) is 0 Å². The Hall–Kier alpha value is -0.900. The molecule has 0 spiro atoms. The summed E-state index contributed by atoms with van der Waals surface area (Å²) < 4.78 is 0. The summed E-state index contributed by atoms with van der Waals surface area (Å²) in [6.07, 6.45) is 0. The first-order valence-corrected chi connectivity index (χ1v) is 1.62. The molecule has 0 radical (unpaired) electrons. The molecule has 0 amide bonds. The predicted octanol–water partition coefficient (Wildman–Crippen LogP) is -0.412. The van der Waals surface area contributed by atoms with Crippen LogP contribution in [0.5, 0.6) is 0 Å². The first kappa shape index (κ1) is 6.10. The molecule has 2 N–H and O–H groups in total. The van der Waals surface area contributed by atoms with Crippen LogP contribution in [0.15, 0.2) is 5.16 Å². The quantitative estimate of drug-likeness (QED) is 0.283. The standard InChI is InChI=1S/C3H6N2O2/c1-5-7-3(4)2-6/h4,6H,1-2H2. The van der Waals surface area contributed by atoms with Crippen molar-refractivity contribution in [3.8, 4) is 0 Å². The second-order valence-corrected chi connectivity index (χ2v) is 0.802. The lowest BCUT2D eigenvalue weighted by Crippen LogP contribution is -2.02. The summed E-state index contributed by atoms with van der Waals surface area (Å²) in [6.45, 7) is 2.49. The van der Waals surface area contributed by atoms with Gasteiger partial charge in [-0.3, -0.25) is 5.41 Å². The third kappa shape index (κ3) is 2.92. The Kier molecular flexibility index (Phi) is 2.87. The van der Waals surface area contributed by atoms with Gasteiger partial charge in [-0.15, -0.1) is 0 Å². The molecule has 0 unspecified atom stereocenters. The third-order valence-corrected chi connectivity index (χ3v) is 0.318. The molecule has 0 bridgehead atoms. The van der Waals surface area contributed by atoms with Crippen molar-refractivity contribution in [2.75, 3.05) is 6.61 Å². The van der Waals surface area contributed by atoms with Gasteiger partial charge in [0.05, 0.1) is 0 Å². The molecule has 0 aliphatic heterocycles. The molecule has 0 atom stereocenters.